The average Bonchev–Trinajstić information content (AvgIpc) is 2.27. The fourth-order valence-electron chi connectivity index (χ4n) is 1.71. The van der Waals surface area contributed by atoms with Crippen molar-refractivity contribution >= 4 is 6.09 Å². The van der Waals surface area contributed by atoms with E-state index >= 15 is 0 Å². The van der Waals surface area contributed by atoms with Gasteiger partial charge in [0, 0.05) is 18.7 Å². The number of hydrogen-bond donors (Lipinski definition) is 2. The molecule has 80 valence electrons. The first-order valence-electron chi connectivity index (χ1n) is 4.77. The van der Waals surface area contributed by atoms with Crippen molar-refractivity contribution in [2.75, 3.05) is 6.54 Å². The lowest BCUT2D eigenvalue weighted by atomic mass is 10.1. The molecule has 1 aliphatic heterocycles. The highest BCUT2D eigenvalue weighted by molar-refractivity contribution is 5.65. The highest BCUT2D eigenvalue weighted by Gasteiger charge is 2.20. The van der Waals surface area contributed by atoms with E-state index in [1.165, 1.54) is 4.90 Å². The maximum atomic E-state index is 10.8. The Morgan fingerprint density at radius 3 is 3.00 bits per heavy atom. The molecule has 0 aromatic carbocycles. The maximum Gasteiger partial charge on any atom is 0.407 e. The van der Waals surface area contributed by atoms with Gasteiger partial charge in [0.25, 0.3) is 0 Å². The molecule has 0 radical (unpaired) electrons. The number of nitrogens with zero attached hydrogens (tertiary/aromatic N) is 2. The van der Waals surface area contributed by atoms with E-state index < -0.39 is 6.09 Å². The highest BCUT2D eigenvalue weighted by Crippen LogP contribution is 2.17. The summed E-state index contributed by atoms with van der Waals surface area (Å²) < 4.78 is 0. The second kappa shape index (κ2) is 3.86. The number of aromatic nitrogens is 1. The topological polar surface area (TPSA) is 73.7 Å². The Balaban J connectivity index is 2.24. The summed E-state index contributed by atoms with van der Waals surface area (Å²) in [6.45, 7) is 0.795. The number of hydrogen-bond acceptors (Lipinski definition) is 3. The summed E-state index contributed by atoms with van der Waals surface area (Å²) in [7, 11) is 0. The third-order valence-electron chi connectivity index (χ3n) is 2.54. The van der Waals surface area contributed by atoms with E-state index in [1.54, 1.807) is 6.07 Å². The summed E-state index contributed by atoms with van der Waals surface area (Å²) >= 11 is 0. The lowest BCUT2D eigenvalue weighted by Crippen LogP contribution is -2.35. The second-order valence-electron chi connectivity index (χ2n) is 3.52. The van der Waals surface area contributed by atoms with E-state index in [-0.39, 0.29) is 6.61 Å². The van der Waals surface area contributed by atoms with Crippen LogP contribution >= 0.6 is 0 Å². The summed E-state index contributed by atoms with van der Waals surface area (Å²) in [5.41, 5.74) is 2.47. The fraction of sp³-hybridized carbons (Fsp3) is 0.400. The molecule has 0 saturated heterocycles. The summed E-state index contributed by atoms with van der Waals surface area (Å²) in [5, 5.41) is 17.7. The van der Waals surface area contributed by atoms with Crippen molar-refractivity contribution in [3.8, 4) is 0 Å². The number of rotatable bonds is 1. The number of amides is 1. The SMILES string of the molecule is O=C(O)N1CCc2nc(CO)ccc2C1. The minimum Gasteiger partial charge on any atom is -0.465 e. The molecule has 0 fully saturated rings. The Kier molecular flexibility index (Phi) is 2.55. The first kappa shape index (κ1) is 9.92. The van der Waals surface area contributed by atoms with Gasteiger partial charge in [-0.25, -0.2) is 4.79 Å². The molecule has 2 rings (SSSR count). The van der Waals surface area contributed by atoms with Crippen LogP contribution in [0.5, 0.6) is 0 Å². The Morgan fingerprint density at radius 2 is 2.33 bits per heavy atom. The standard InChI is InChI=1S/C10H12N2O3/c13-6-8-2-1-7-5-12(10(14)15)4-3-9(7)11-8/h1-2,13H,3-6H2,(H,14,15). The van der Waals surface area contributed by atoms with Crippen molar-refractivity contribution in [2.45, 2.75) is 19.6 Å². The molecule has 0 bridgehead atoms. The number of carbonyl (C=O) groups is 1. The molecule has 0 atom stereocenters. The Bertz CT molecular complexity index is 392. The van der Waals surface area contributed by atoms with Crippen molar-refractivity contribution in [3.05, 3.63) is 29.1 Å². The van der Waals surface area contributed by atoms with Crippen molar-refractivity contribution in [1.29, 1.82) is 0 Å². The van der Waals surface area contributed by atoms with Crippen LogP contribution in [-0.2, 0) is 19.6 Å². The molecule has 1 amide bonds. The lowest BCUT2D eigenvalue weighted by molar-refractivity contribution is 0.139. The van der Waals surface area contributed by atoms with Crippen molar-refractivity contribution in [1.82, 2.24) is 9.88 Å². The quantitative estimate of drug-likeness (QED) is 0.709. The van der Waals surface area contributed by atoms with Crippen LogP contribution in [0.25, 0.3) is 0 Å². The van der Waals surface area contributed by atoms with Crippen molar-refractivity contribution in [3.63, 3.8) is 0 Å². The maximum absolute atomic E-state index is 10.8. The van der Waals surface area contributed by atoms with Gasteiger partial charge in [0.05, 0.1) is 18.8 Å². The molecule has 5 heteroatoms. The molecule has 0 unspecified atom stereocenters. The van der Waals surface area contributed by atoms with Crippen molar-refractivity contribution < 1.29 is 15.0 Å². The average molecular weight is 208 g/mol. The third-order valence-corrected chi connectivity index (χ3v) is 2.54. The predicted octanol–water partition coefficient (Wildman–Crippen LogP) is 0.610. The van der Waals surface area contributed by atoms with Crippen LogP contribution in [0.1, 0.15) is 17.0 Å². The molecule has 1 aliphatic rings. The van der Waals surface area contributed by atoms with Crippen LogP contribution in [0.2, 0.25) is 0 Å². The van der Waals surface area contributed by atoms with Crippen LogP contribution in [0.15, 0.2) is 12.1 Å². The van der Waals surface area contributed by atoms with Gasteiger partial charge in [-0.15, -0.1) is 0 Å². The Morgan fingerprint density at radius 1 is 1.53 bits per heavy atom. The number of pyridine rings is 1. The van der Waals surface area contributed by atoms with E-state index in [9.17, 15) is 4.79 Å². The van der Waals surface area contributed by atoms with Crippen molar-refractivity contribution in [2.24, 2.45) is 0 Å². The molecule has 1 aromatic heterocycles. The van der Waals surface area contributed by atoms with Gasteiger partial charge >= 0.3 is 6.09 Å². The highest BCUT2D eigenvalue weighted by atomic mass is 16.4. The van der Waals surface area contributed by atoms with Gasteiger partial charge in [-0.2, -0.15) is 0 Å². The van der Waals surface area contributed by atoms with Gasteiger partial charge in [-0.3, -0.25) is 4.98 Å². The summed E-state index contributed by atoms with van der Waals surface area (Å²) in [5.74, 6) is 0. The minimum absolute atomic E-state index is 0.0735. The summed E-state index contributed by atoms with van der Waals surface area (Å²) in [4.78, 5) is 16.4. The molecule has 2 N–H and O–H groups in total. The van der Waals surface area contributed by atoms with Gasteiger partial charge in [0.1, 0.15) is 0 Å². The monoisotopic (exact) mass is 208 g/mol. The minimum atomic E-state index is -0.896. The van der Waals surface area contributed by atoms with Crippen LogP contribution in [0, 0.1) is 0 Å². The summed E-state index contributed by atoms with van der Waals surface area (Å²) in [6, 6.07) is 3.56. The van der Waals surface area contributed by atoms with Gasteiger partial charge in [0.2, 0.25) is 0 Å². The number of carboxylic acid groups (broad SMARTS) is 1. The number of fused-ring (bicyclic) bond motifs is 1. The predicted molar refractivity (Wildman–Crippen MR) is 52.3 cm³/mol. The van der Waals surface area contributed by atoms with E-state index in [0.29, 0.717) is 25.2 Å². The zero-order valence-corrected chi connectivity index (χ0v) is 8.18. The summed E-state index contributed by atoms with van der Waals surface area (Å²) in [6.07, 6.45) is -0.276. The number of aliphatic hydroxyl groups is 1. The second-order valence-corrected chi connectivity index (χ2v) is 3.52. The first-order valence-corrected chi connectivity index (χ1v) is 4.77. The zero-order valence-electron chi connectivity index (χ0n) is 8.18. The van der Waals surface area contributed by atoms with Crippen LogP contribution in [0.4, 0.5) is 4.79 Å². The molecule has 15 heavy (non-hydrogen) atoms. The van der Waals surface area contributed by atoms with Gasteiger partial charge in [-0.1, -0.05) is 6.07 Å². The third kappa shape index (κ3) is 1.92. The molecular weight excluding hydrogens is 196 g/mol. The molecular formula is C10H12N2O3. The normalized spacial score (nSPS) is 14.9. The fourth-order valence-corrected chi connectivity index (χ4v) is 1.71. The largest absolute Gasteiger partial charge is 0.465 e. The van der Waals surface area contributed by atoms with Crippen LogP contribution < -0.4 is 0 Å². The van der Waals surface area contributed by atoms with E-state index in [4.69, 9.17) is 10.2 Å². The number of aliphatic hydroxyl groups excluding tert-OH is 1. The van der Waals surface area contributed by atoms with Gasteiger partial charge in [0.15, 0.2) is 0 Å². The Hall–Kier alpha value is -1.62. The zero-order chi connectivity index (χ0) is 10.8. The molecule has 0 spiro atoms. The van der Waals surface area contributed by atoms with Crippen LogP contribution in [-0.4, -0.2) is 32.7 Å². The molecule has 1 aromatic rings. The molecule has 0 saturated carbocycles. The van der Waals surface area contributed by atoms with Gasteiger partial charge in [-0.05, 0) is 11.6 Å². The molecule has 5 nitrogen and oxygen atoms in total. The molecule has 0 aliphatic carbocycles. The smallest absolute Gasteiger partial charge is 0.407 e. The van der Waals surface area contributed by atoms with Gasteiger partial charge < -0.3 is 15.1 Å². The Labute approximate surface area is 87.0 Å². The van der Waals surface area contributed by atoms with E-state index in [2.05, 4.69) is 4.98 Å². The van der Waals surface area contributed by atoms with E-state index in [0.717, 1.165) is 11.3 Å². The van der Waals surface area contributed by atoms with E-state index in [1.807, 2.05) is 6.07 Å². The first-order chi connectivity index (χ1) is 7.20. The van der Waals surface area contributed by atoms with Crippen LogP contribution in [0.3, 0.4) is 0 Å². The molecule has 2 heterocycles. The lowest BCUT2D eigenvalue weighted by Gasteiger charge is -2.25.